The van der Waals surface area contributed by atoms with Crippen molar-refractivity contribution in [3.63, 3.8) is 0 Å². The largest absolute Gasteiger partial charge is 0.171 e. The van der Waals surface area contributed by atoms with Gasteiger partial charge in [0.05, 0.1) is 7.11 Å². The van der Waals surface area contributed by atoms with Crippen LogP contribution in [0.2, 0.25) is 37.3 Å². The van der Waals surface area contributed by atoms with E-state index in [1.807, 2.05) is 12.2 Å². The molecular formula is C12H24Cl2Si3. The van der Waals surface area contributed by atoms with Crippen LogP contribution in [0.15, 0.2) is 25.3 Å². The summed E-state index contributed by atoms with van der Waals surface area (Å²) in [7, 11) is -1.52. The molecule has 0 aliphatic carbocycles. The van der Waals surface area contributed by atoms with Crippen LogP contribution in [0.4, 0.5) is 0 Å². The summed E-state index contributed by atoms with van der Waals surface area (Å²) in [6.45, 7) is 9.33. The molecule has 0 saturated carbocycles. The molecule has 1 aliphatic rings. The first-order valence-corrected chi connectivity index (χ1v) is 18.3. The van der Waals surface area contributed by atoms with Crippen LogP contribution >= 0.6 is 22.2 Å². The molecule has 0 aromatic heterocycles. The van der Waals surface area contributed by atoms with Gasteiger partial charge in [-0.3, -0.25) is 0 Å². The van der Waals surface area contributed by atoms with Gasteiger partial charge in [-0.1, -0.05) is 38.1 Å². The van der Waals surface area contributed by atoms with E-state index in [1.165, 1.54) is 24.9 Å². The molecular weight excluding hydrogens is 299 g/mol. The normalized spacial score (nSPS) is 37.2. The third-order valence-electron chi connectivity index (χ3n) is 4.57. The highest BCUT2D eigenvalue weighted by molar-refractivity contribution is 7.85. The number of hydrogen-bond donors (Lipinski definition) is 0. The van der Waals surface area contributed by atoms with Crippen LogP contribution in [-0.4, -0.2) is 20.9 Å². The van der Waals surface area contributed by atoms with Gasteiger partial charge in [0.2, 0.25) is 0 Å². The van der Waals surface area contributed by atoms with Gasteiger partial charge in [-0.05, 0) is 24.2 Å². The molecule has 1 fully saturated rings. The van der Waals surface area contributed by atoms with E-state index in [0.29, 0.717) is 0 Å². The Bertz CT molecular complexity index is 278. The van der Waals surface area contributed by atoms with E-state index in [-0.39, 0.29) is 0 Å². The second kappa shape index (κ2) is 5.78. The fourth-order valence-electron chi connectivity index (χ4n) is 3.01. The van der Waals surface area contributed by atoms with Crippen LogP contribution in [0.5, 0.6) is 0 Å². The van der Waals surface area contributed by atoms with E-state index < -0.39 is 20.9 Å². The number of allylic oxidation sites excluding steroid dienone is 2. The molecule has 0 aromatic rings. The molecule has 5 heteroatoms. The summed E-state index contributed by atoms with van der Waals surface area (Å²) in [5.41, 5.74) is 0. The molecule has 2 unspecified atom stereocenters. The highest BCUT2D eigenvalue weighted by Crippen LogP contribution is 2.47. The molecule has 0 bridgehead atoms. The third-order valence-corrected chi connectivity index (χ3v) is 51.4. The second-order valence-corrected chi connectivity index (χ2v) is 35.7. The Kier molecular flexibility index (Phi) is 5.36. The van der Waals surface area contributed by atoms with E-state index in [4.69, 9.17) is 22.2 Å². The summed E-state index contributed by atoms with van der Waals surface area (Å²) in [5.74, 6) is 0. The van der Waals surface area contributed by atoms with Gasteiger partial charge in [0, 0.05) is 0 Å². The Balaban J connectivity index is 3.16. The van der Waals surface area contributed by atoms with Crippen molar-refractivity contribution in [1.29, 1.82) is 0 Å². The number of hydrogen-bond acceptors (Lipinski definition) is 0. The zero-order valence-corrected chi connectivity index (χ0v) is 15.6. The monoisotopic (exact) mass is 322 g/mol. The first-order valence-electron chi connectivity index (χ1n) is 6.43. The zero-order chi connectivity index (χ0) is 13.2. The molecule has 1 saturated heterocycles. The lowest BCUT2D eigenvalue weighted by molar-refractivity contribution is 0.868. The molecule has 0 radical (unpaired) electrons. The van der Waals surface area contributed by atoms with Crippen LogP contribution in [0.25, 0.3) is 0 Å². The van der Waals surface area contributed by atoms with Crippen molar-refractivity contribution in [2.45, 2.75) is 50.1 Å². The van der Waals surface area contributed by atoms with Gasteiger partial charge in [0.1, 0.15) is 13.8 Å². The van der Waals surface area contributed by atoms with E-state index in [0.717, 1.165) is 12.1 Å². The highest BCUT2D eigenvalue weighted by Gasteiger charge is 2.60. The van der Waals surface area contributed by atoms with Gasteiger partial charge in [-0.2, -0.15) is 22.2 Å². The van der Waals surface area contributed by atoms with Crippen molar-refractivity contribution in [2.24, 2.45) is 0 Å². The van der Waals surface area contributed by atoms with Crippen molar-refractivity contribution < 1.29 is 0 Å². The Morgan fingerprint density at radius 3 is 1.59 bits per heavy atom. The van der Waals surface area contributed by atoms with Gasteiger partial charge in [-0.25, -0.2) is 0 Å². The quantitative estimate of drug-likeness (QED) is 0.370. The SMILES string of the molecule is C=CC[Si]1(Cl)CCCC[Si](Cl)(CC=C)[Si]1(C)C. The average molecular weight is 323 g/mol. The molecule has 98 valence electrons. The van der Waals surface area contributed by atoms with E-state index in [2.05, 4.69) is 26.3 Å². The standard InChI is InChI=1S/C12H24Cl2Si3/c1-5-9-16(13)11-7-8-12-17(14,10-6-2)15(16,3)4/h5-6H,1-2,7-12H2,3-4H3. The average Bonchev–Trinajstić information content (AvgIpc) is 2.31. The lowest BCUT2D eigenvalue weighted by Crippen LogP contribution is -2.69. The van der Waals surface area contributed by atoms with Crippen LogP contribution in [0, 0.1) is 0 Å². The van der Waals surface area contributed by atoms with E-state index in [1.54, 1.807) is 0 Å². The van der Waals surface area contributed by atoms with Crippen LogP contribution in [0.1, 0.15) is 12.8 Å². The predicted molar refractivity (Wildman–Crippen MR) is 89.6 cm³/mol. The van der Waals surface area contributed by atoms with Gasteiger partial charge < -0.3 is 0 Å². The fourth-order valence-corrected chi connectivity index (χ4v) is 44.0. The summed E-state index contributed by atoms with van der Waals surface area (Å²) in [4.78, 5) is 0. The molecule has 0 N–H and O–H groups in total. The molecule has 0 aromatic carbocycles. The lowest BCUT2D eigenvalue weighted by Gasteiger charge is -2.45. The molecule has 1 rings (SSSR count). The molecule has 0 nitrogen and oxygen atoms in total. The maximum absolute atomic E-state index is 7.14. The Labute approximate surface area is 118 Å². The fraction of sp³-hybridized carbons (Fsp3) is 0.667. The van der Waals surface area contributed by atoms with Crippen molar-refractivity contribution >= 4 is 43.1 Å². The highest BCUT2D eigenvalue weighted by atomic mass is 35.6. The second-order valence-electron chi connectivity index (χ2n) is 5.75. The molecule has 1 aliphatic heterocycles. The van der Waals surface area contributed by atoms with Crippen molar-refractivity contribution in [2.75, 3.05) is 0 Å². The van der Waals surface area contributed by atoms with Crippen molar-refractivity contribution in [3.8, 4) is 0 Å². The van der Waals surface area contributed by atoms with Gasteiger partial charge >= 0.3 is 0 Å². The van der Waals surface area contributed by atoms with Gasteiger partial charge in [0.25, 0.3) is 0 Å². The minimum Gasteiger partial charge on any atom is -0.171 e. The molecule has 2 atom stereocenters. The van der Waals surface area contributed by atoms with Crippen LogP contribution in [-0.2, 0) is 0 Å². The predicted octanol–water partition coefficient (Wildman–Crippen LogP) is 5.39. The third kappa shape index (κ3) is 2.84. The van der Waals surface area contributed by atoms with Crippen molar-refractivity contribution in [3.05, 3.63) is 25.3 Å². The van der Waals surface area contributed by atoms with Crippen LogP contribution in [0.3, 0.4) is 0 Å². The van der Waals surface area contributed by atoms with Gasteiger partial charge in [-0.15, -0.1) is 13.2 Å². The molecule has 1 heterocycles. The first-order chi connectivity index (χ1) is 7.83. The Morgan fingerprint density at radius 1 is 0.941 bits per heavy atom. The van der Waals surface area contributed by atoms with Crippen LogP contribution < -0.4 is 0 Å². The van der Waals surface area contributed by atoms with Crippen molar-refractivity contribution in [1.82, 2.24) is 0 Å². The minimum absolute atomic E-state index is 1.05. The zero-order valence-electron chi connectivity index (χ0n) is 11.1. The van der Waals surface area contributed by atoms with E-state index >= 15 is 0 Å². The topological polar surface area (TPSA) is 0 Å². The minimum atomic E-state index is -1.71. The maximum Gasteiger partial charge on any atom is 0.149 e. The number of rotatable bonds is 4. The Hall–Kier alpha value is 0.711. The summed E-state index contributed by atoms with van der Waals surface area (Å²) < 4.78 is 0. The molecule has 0 spiro atoms. The summed E-state index contributed by atoms with van der Waals surface area (Å²) >= 11 is 14.3. The molecule has 17 heavy (non-hydrogen) atoms. The number of halogens is 2. The molecule has 0 amide bonds. The first kappa shape index (κ1) is 15.8. The lowest BCUT2D eigenvalue weighted by atomic mass is 10.4. The Morgan fingerprint density at radius 2 is 1.29 bits per heavy atom. The summed E-state index contributed by atoms with van der Waals surface area (Å²) in [6, 6.07) is 4.59. The maximum atomic E-state index is 7.14. The van der Waals surface area contributed by atoms with E-state index in [9.17, 15) is 0 Å². The summed E-state index contributed by atoms with van der Waals surface area (Å²) in [6.07, 6.45) is 6.63. The summed E-state index contributed by atoms with van der Waals surface area (Å²) in [5, 5.41) is 0. The van der Waals surface area contributed by atoms with Gasteiger partial charge in [0.15, 0.2) is 0 Å². The smallest absolute Gasteiger partial charge is 0.149 e.